The van der Waals surface area contributed by atoms with Gasteiger partial charge >= 0.3 is 5.97 Å². The molecule has 192 valence electrons. The van der Waals surface area contributed by atoms with Gasteiger partial charge < -0.3 is 14.0 Å². The molecule has 0 spiro atoms. The van der Waals surface area contributed by atoms with E-state index in [0.717, 1.165) is 43.0 Å². The number of nitrogens with zero attached hydrogens (tertiary/aromatic N) is 5. The Morgan fingerprint density at radius 3 is 2.68 bits per heavy atom. The number of hydrogen-bond donors (Lipinski definition) is 0. The molecule has 10 heteroatoms. The average molecular weight is 524 g/mol. The molecular formula is C27H27ClFN5O3. The van der Waals surface area contributed by atoms with Crippen molar-refractivity contribution in [3.05, 3.63) is 82.1 Å². The van der Waals surface area contributed by atoms with Gasteiger partial charge in [-0.25, -0.2) is 24.1 Å². The number of carbonyl (C=O) groups excluding carboxylic acids is 1. The van der Waals surface area contributed by atoms with Gasteiger partial charge in [-0.05, 0) is 56.3 Å². The third-order valence-electron chi connectivity index (χ3n) is 6.71. The summed E-state index contributed by atoms with van der Waals surface area (Å²) in [6, 6.07) is 13.7. The summed E-state index contributed by atoms with van der Waals surface area (Å²) in [5.41, 5.74) is 3.09. The Balaban J connectivity index is 1.19. The van der Waals surface area contributed by atoms with Crippen LogP contribution in [0.4, 0.5) is 4.39 Å². The molecule has 0 bridgehead atoms. The summed E-state index contributed by atoms with van der Waals surface area (Å²) in [6.07, 6.45) is 1.91. The van der Waals surface area contributed by atoms with Crippen molar-refractivity contribution in [2.75, 3.05) is 20.2 Å². The SMILES string of the molecule is COC(=O)c1ccc2nc(CN3CCC(c4cccc(OCc5ccc(Cl)cc5F)n4)CC3)n(C)c2n1. The maximum absolute atomic E-state index is 14.0. The first-order chi connectivity index (χ1) is 17.9. The number of hydrogen-bond acceptors (Lipinski definition) is 7. The van der Waals surface area contributed by atoms with Crippen LogP contribution in [0.5, 0.6) is 5.88 Å². The Morgan fingerprint density at radius 1 is 1.11 bits per heavy atom. The summed E-state index contributed by atoms with van der Waals surface area (Å²) < 4.78 is 26.5. The number of likely N-dealkylation sites (tertiary alicyclic amines) is 1. The van der Waals surface area contributed by atoms with Gasteiger partial charge in [-0.1, -0.05) is 23.7 Å². The number of benzene rings is 1. The minimum Gasteiger partial charge on any atom is -0.473 e. The highest BCUT2D eigenvalue weighted by atomic mass is 35.5. The van der Waals surface area contributed by atoms with Crippen LogP contribution in [0.2, 0.25) is 5.02 Å². The van der Waals surface area contributed by atoms with Crippen LogP contribution in [0.15, 0.2) is 48.5 Å². The molecule has 0 aliphatic carbocycles. The normalized spacial score (nSPS) is 14.7. The summed E-state index contributed by atoms with van der Waals surface area (Å²) in [5.74, 6) is 0.832. The summed E-state index contributed by atoms with van der Waals surface area (Å²) in [7, 11) is 3.25. The predicted molar refractivity (Wildman–Crippen MR) is 137 cm³/mol. The molecule has 8 nitrogen and oxygen atoms in total. The lowest BCUT2D eigenvalue weighted by atomic mass is 9.93. The number of imidazole rings is 1. The summed E-state index contributed by atoms with van der Waals surface area (Å²) in [5, 5.41) is 0.355. The molecule has 0 N–H and O–H groups in total. The molecule has 37 heavy (non-hydrogen) atoms. The van der Waals surface area contributed by atoms with E-state index in [2.05, 4.69) is 14.9 Å². The summed E-state index contributed by atoms with van der Waals surface area (Å²) in [4.78, 5) is 28.0. The van der Waals surface area contributed by atoms with Gasteiger partial charge in [0.25, 0.3) is 0 Å². The zero-order chi connectivity index (χ0) is 25.9. The van der Waals surface area contributed by atoms with Crippen LogP contribution < -0.4 is 4.74 Å². The highest BCUT2D eigenvalue weighted by molar-refractivity contribution is 6.30. The van der Waals surface area contributed by atoms with Crippen LogP contribution in [-0.4, -0.2) is 50.6 Å². The van der Waals surface area contributed by atoms with Gasteiger partial charge in [-0.3, -0.25) is 4.90 Å². The Bertz CT molecular complexity index is 1440. The van der Waals surface area contributed by atoms with Gasteiger partial charge in [0.2, 0.25) is 5.88 Å². The Kier molecular flexibility index (Phi) is 7.34. The van der Waals surface area contributed by atoms with Crippen molar-refractivity contribution in [2.45, 2.75) is 31.9 Å². The molecule has 0 saturated carbocycles. The van der Waals surface area contributed by atoms with Crippen molar-refractivity contribution in [1.82, 2.24) is 24.4 Å². The first kappa shape index (κ1) is 25.1. The smallest absolute Gasteiger partial charge is 0.356 e. The van der Waals surface area contributed by atoms with E-state index in [4.69, 9.17) is 26.1 Å². The molecular weight excluding hydrogens is 497 g/mol. The van der Waals surface area contributed by atoms with Crippen LogP contribution in [-0.2, 0) is 24.9 Å². The largest absolute Gasteiger partial charge is 0.473 e. The highest BCUT2D eigenvalue weighted by Crippen LogP contribution is 2.29. The van der Waals surface area contributed by atoms with Crippen molar-refractivity contribution in [3.8, 4) is 5.88 Å². The van der Waals surface area contributed by atoms with Gasteiger partial charge in [0.1, 0.15) is 23.8 Å². The maximum atomic E-state index is 14.0. The zero-order valence-corrected chi connectivity index (χ0v) is 21.4. The van der Waals surface area contributed by atoms with Crippen molar-refractivity contribution in [3.63, 3.8) is 0 Å². The number of aryl methyl sites for hydroxylation is 1. The van der Waals surface area contributed by atoms with E-state index in [-0.39, 0.29) is 12.3 Å². The van der Waals surface area contributed by atoms with Crippen molar-refractivity contribution >= 4 is 28.7 Å². The van der Waals surface area contributed by atoms with E-state index in [0.29, 0.717) is 34.6 Å². The third-order valence-corrected chi connectivity index (χ3v) is 6.95. The molecule has 1 saturated heterocycles. The van der Waals surface area contributed by atoms with Crippen LogP contribution in [0.3, 0.4) is 0 Å². The lowest BCUT2D eigenvalue weighted by molar-refractivity contribution is 0.0594. The topological polar surface area (TPSA) is 82.4 Å². The molecule has 1 fully saturated rings. The molecule has 1 aliphatic rings. The van der Waals surface area contributed by atoms with Crippen molar-refractivity contribution in [2.24, 2.45) is 7.05 Å². The van der Waals surface area contributed by atoms with Crippen LogP contribution in [0.25, 0.3) is 11.2 Å². The molecule has 4 heterocycles. The van der Waals surface area contributed by atoms with Gasteiger partial charge in [-0.15, -0.1) is 0 Å². The number of carbonyl (C=O) groups is 1. The van der Waals surface area contributed by atoms with Crippen LogP contribution in [0.1, 0.15) is 46.3 Å². The average Bonchev–Trinajstić information content (AvgIpc) is 3.22. The lowest BCUT2D eigenvalue weighted by Crippen LogP contribution is -2.33. The van der Waals surface area contributed by atoms with E-state index in [9.17, 15) is 9.18 Å². The number of fused-ring (bicyclic) bond motifs is 1. The lowest BCUT2D eigenvalue weighted by Gasteiger charge is -2.31. The Morgan fingerprint density at radius 2 is 1.92 bits per heavy atom. The molecule has 1 aromatic carbocycles. The van der Waals surface area contributed by atoms with Crippen molar-refractivity contribution < 1.29 is 18.7 Å². The maximum Gasteiger partial charge on any atom is 0.356 e. The second-order valence-electron chi connectivity index (χ2n) is 9.09. The first-order valence-corrected chi connectivity index (χ1v) is 12.5. The quantitative estimate of drug-likeness (QED) is 0.319. The molecule has 5 rings (SSSR count). The number of halogens is 2. The number of methoxy groups -OCH3 is 1. The number of ether oxygens (including phenoxy) is 2. The number of pyridine rings is 2. The number of rotatable bonds is 7. The minimum absolute atomic E-state index is 0.0892. The fraction of sp³-hybridized carbons (Fsp3) is 0.333. The van der Waals surface area contributed by atoms with Gasteiger partial charge in [-0.2, -0.15) is 0 Å². The fourth-order valence-corrected chi connectivity index (χ4v) is 4.75. The summed E-state index contributed by atoms with van der Waals surface area (Å²) in [6.45, 7) is 2.58. The second kappa shape index (κ2) is 10.8. The predicted octanol–water partition coefficient (Wildman–Crippen LogP) is 4.90. The van der Waals surface area contributed by atoms with E-state index >= 15 is 0 Å². The number of esters is 1. The molecule has 1 aliphatic heterocycles. The standard InChI is InChI=1S/C27H27ClFN5O3/c1-33-24(30-22-8-9-23(27(35)36-2)32-26(22)33)15-34-12-10-17(11-13-34)21-4-3-5-25(31-21)37-16-18-6-7-19(28)14-20(18)29/h3-9,14,17H,10-13,15-16H2,1-2H3. The van der Waals surface area contributed by atoms with Crippen LogP contribution in [0, 0.1) is 5.82 Å². The van der Waals surface area contributed by atoms with Crippen molar-refractivity contribution in [1.29, 1.82) is 0 Å². The van der Waals surface area contributed by atoms with E-state index < -0.39 is 11.8 Å². The molecule has 4 aromatic rings. The third kappa shape index (κ3) is 5.57. The number of piperidine rings is 1. The van der Waals surface area contributed by atoms with Gasteiger partial charge in [0, 0.05) is 35.3 Å². The Hall–Kier alpha value is -3.56. The Labute approximate surface area is 219 Å². The monoisotopic (exact) mass is 523 g/mol. The first-order valence-electron chi connectivity index (χ1n) is 12.1. The fourth-order valence-electron chi connectivity index (χ4n) is 4.59. The minimum atomic E-state index is -0.466. The van der Waals surface area contributed by atoms with E-state index in [1.54, 1.807) is 30.3 Å². The molecule has 0 unspecified atom stereocenters. The molecule has 0 radical (unpaired) electrons. The summed E-state index contributed by atoms with van der Waals surface area (Å²) >= 11 is 5.82. The van der Waals surface area contributed by atoms with Gasteiger partial charge in [0.05, 0.1) is 13.7 Å². The van der Waals surface area contributed by atoms with E-state index in [1.165, 1.54) is 13.2 Å². The van der Waals surface area contributed by atoms with E-state index in [1.807, 2.05) is 23.7 Å². The highest BCUT2D eigenvalue weighted by Gasteiger charge is 2.24. The number of aromatic nitrogens is 4. The van der Waals surface area contributed by atoms with Gasteiger partial charge in [0.15, 0.2) is 11.3 Å². The van der Waals surface area contributed by atoms with Crippen LogP contribution >= 0.6 is 11.6 Å². The molecule has 3 aromatic heterocycles. The molecule has 0 amide bonds. The molecule has 0 atom stereocenters. The zero-order valence-electron chi connectivity index (χ0n) is 20.7. The second-order valence-corrected chi connectivity index (χ2v) is 9.53.